The Kier molecular flexibility index (Phi) is 2.98. The lowest BCUT2D eigenvalue weighted by atomic mass is 10.6. The summed E-state index contributed by atoms with van der Waals surface area (Å²) in [5, 5.41) is 0.928. The molecule has 0 amide bonds. The maximum absolute atomic E-state index is 5.71. The van der Waals surface area contributed by atoms with Gasteiger partial charge in [-0.05, 0) is 22.2 Å². The number of rotatable bonds is 1. The van der Waals surface area contributed by atoms with Gasteiger partial charge in [0.2, 0.25) is 0 Å². The van der Waals surface area contributed by atoms with E-state index in [2.05, 4.69) is 25.9 Å². The Hall–Kier alpha value is -0.000000000000000111. The lowest BCUT2D eigenvalue weighted by Gasteiger charge is -2.00. The van der Waals surface area contributed by atoms with Crippen LogP contribution in [0, 0.1) is 0 Å². The molecule has 0 aliphatic rings. The van der Waals surface area contributed by atoms with Gasteiger partial charge in [0.05, 0.1) is 4.47 Å². The Labute approximate surface area is 81.9 Å². The van der Waals surface area contributed by atoms with E-state index >= 15 is 0 Å². The van der Waals surface area contributed by atoms with Gasteiger partial charge < -0.3 is 5.73 Å². The standard InChI is InChI=1S/C5H5BrClN3S/c1-11-5-9-3(7)2(6)4(8)10-5/h1H3,(H2,8,9,10). The van der Waals surface area contributed by atoms with Gasteiger partial charge in [-0.1, -0.05) is 23.4 Å². The van der Waals surface area contributed by atoms with Gasteiger partial charge in [0.25, 0.3) is 0 Å². The summed E-state index contributed by atoms with van der Waals surface area (Å²) in [6, 6.07) is 0. The lowest BCUT2D eigenvalue weighted by molar-refractivity contribution is 0.972. The number of halogens is 2. The zero-order chi connectivity index (χ0) is 8.43. The van der Waals surface area contributed by atoms with Crippen LogP contribution in [-0.4, -0.2) is 16.2 Å². The fourth-order valence-electron chi connectivity index (χ4n) is 0.507. The average Bonchev–Trinajstić information content (AvgIpc) is 1.99. The first-order valence-electron chi connectivity index (χ1n) is 2.67. The maximum Gasteiger partial charge on any atom is 0.190 e. The molecule has 0 unspecified atom stereocenters. The highest BCUT2D eigenvalue weighted by atomic mass is 79.9. The highest BCUT2D eigenvalue weighted by Crippen LogP contribution is 2.26. The Balaban J connectivity index is 3.21. The van der Waals surface area contributed by atoms with Crippen LogP contribution in [-0.2, 0) is 0 Å². The van der Waals surface area contributed by atoms with Crippen molar-refractivity contribution in [3.8, 4) is 0 Å². The van der Waals surface area contributed by atoms with Crippen LogP contribution < -0.4 is 5.73 Å². The molecule has 0 atom stereocenters. The van der Waals surface area contributed by atoms with Crippen molar-refractivity contribution in [2.75, 3.05) is 12.0 Å². The smallest absolute Gasteiger partial charge is 0.190 e. The molecule has 1 rings (SSSR count). The number of anilines is 1. The van der Waals surface area contributed by atoms with E-state index in [4.69, 9.17) is 17.3 Å². The summed E-state index contributed by atoms with van der Waals surface area (Å²) in [4.78, 5) is 7.89. The molecule has 0 aliphatic heterocycles. The Bertz CT molecular complexity index is 257. The van der Waals surface area contributed by atoms with Crippen LogP contribution in [0.2, 0.25) is 5.15 Å². The lowest BCUT2D eigenvalue weighted by Crippen LogP contribution is -1.96. The first kappa shape index (κ1) is 9.09. The highest BCUT2D eigenvalue weighted by molar-refractivity contribution is 9.10. The fourth-order valence-corrected chi connectivity index (χ4v) is 1.28. The number of thioether (sulfide) groups is 1. The topological polar surface area (TPSA) is 51.8 Å². The van der Waals surface area contributed by atoms with Crippen molar-refractivity contribution in [1.82, 2.24) is 9.97 Å². The molecule has 0 radical (unpaired) electrons. The van der Waals surface area contributed by atoms with Crippen LogP contribution in [0.15, 0.2) is 9.63 Å². The zero-order valence-electron chi connectivity index (χ0n) is 5.64. The molecule has 0 saturated carbocycles. The highest BCUT2D eigenvalue weighted by Gasteiger charge is 2.06. The maximum atomic E-state index is 5.71. The van der Waals surface area contributed by atoms with Crippen LogP contribution in [0.1, 0.15) is 0 Å². The number of nitrogen functional groups attached to an aromatic ring is 1. The third-order valence-corrected chi connectivity index (χ3v) is 2.83. The van der Waals surface area contributed by atoms with E-state index in [1.54, 1.807) is 0 Å². The van der Waals surface area contributed by atoms with Gasteiger partial charge in [0, 0.05) is 0 Å². The SMILES string of the molecule is CSc1nc(N)c(Br)c(Cl)n1. The number of hydrogen-bond acceptors (Lipinski definition) is 4. The van der Waals surface area contributed by atoms with Gasteiger partial charge in [0.15, 0.2) is 5.16 Å². The summed E-state index contributed by atoms with van der Waals surface area (Å²) in [6.45, 7) is 0. The van der Waals surface area contributed by atoms with E-state index in [0.717, 1.165) is 0 Å². The predicted octanol–water partition coefficient (Wildman–Crippen LogP) is 2.20. The van der Waals surface area contributed by atoms with Crippen LogP contribution in [0.25, 0.3) is 0 Å². The molecular weight excluding hydrogens is 250 g/mol. The van der Waals surface area contributed by atoms with Gasteiger partial charge in [-0.2, -0.15) is 0 Å². The summed E-state index contributed by atoms with van der Waals surface area (Å²) in [7, 11) is 0. The minimum atomic E-state index is 0.349. The minimum absolute atomic E-state index is 0.349. The molecule has 0 aliphatic carbocycles. The molecule has 1 heterocycles. The van der Waals surface area contributed by atoms with Gasteiger partial charge in [-0.3, -0.25) is 0 Å². The molecule has 1 aromatic heterocycles. The third kappa shape index (κ3) is 1.98. The van der Waals surface area contributed by atoms with Crippen LogP contribution in [0.3, 0.4) is 0 Å². The van der Waals surface area contributed by atoms with Crippen molar-refractivity contribution in [1.29, 1.82) is 0 Å². The fraction of sp³-hybridized carbons (Fsp3) is 0.200. The van der Waals surface area contributed by atoms with E-state index in [1.165, 1.54) is 11.8 Å². The molecule has 1 aromatic rings. The number of nitrogens with zero attached hydrogens (tertiary/aromatic N) is 2. The van der Waals surface area contributed by atoms with Gasteiger partial charge in [-0.15, -0.1) is 0 Å². The summed E-state index contributed by atoms with van der Waals surface area (Å²) < 4.78 is 0.553. The number of nitrogens with two attached hydrogens (primary N) is 1. The first-order valence-corrected chi connectivity index (χ1v) is 5.07. The predicted molar refractivity (Wildman–Crippen MR) is 50.9 cm³/mol. The molecule has 0 saturated heterocycles. The van der Waals surface area contributed by atoms with E-state index < -0.39 is 0 Å². The molecule has 6 heteroatoms. The number of hydrogen-bond donors (Lipinski definition) is 1. The number of aromatic nitrogens is 2. The van der Waals surface area contributed by atoms with Crippen molar-refractivity contribution >= 4 is 45.1 Å². The second-order valence-corrected chi connectivity index (χ2v) is 3.62. The molecule has 3 nitrogen and oxygen atoms in total. The molecule has 11 heavy (non-hydrogen) atoms. The van der Waals surface area contributed by atoms with Crippen LogP contribution in [0.4, 0.5) is 5.82 Å². The second kappa shape index (κ2) is 3.60. The van der Waals surface area contributed by atoms with Crippen molar-refractivity contribution in [2.24, 2.45) is 0 Å². The second-order valence-electron chi connectivity index (χ2n) is 1.70. The quantitative estimate of drug-likeness (QED) is 0.474. The van der Waals surface area contributed by atoms with Gasteiger partial charge in [0.1, 0.15) is 11.0 Å². The molecule has 2 N–H and O–H groups in total. The van der Waals surface area contributed by atoms with Crippen molar-refractivity contribution < 1.29 is 0 Å². The van der Waals surface area contributed by atoms with E-state index in [0.29, 0.717) is 20.6 Å². The summed E-state index contributed by atoms with van der Waals surface area (Å²) in [5.74, 6) is 0.370. The zero-order valence-corrected chi connectivity index (χ0v) is 8.79. The van der Waals surface area contributed by atoms with Crippen LogP contribution in [0.5, 0.6) is 0 Å². The van der Waals surface area contributed by atoms with Gasteiger partial charge in [-0.25, -0.2) is 9.97 Å². The summed E-state index contributed by atoms with van der Waals surface area (Å²) in [6.07, 6.45) is 1.86. The molecule has 0 bridgehead atoms. The Morgan fingerprint density at radius 1 is 1.55 bits per heavy atom. The van der Waals surface area contributed by atoms with Crippen LogP contribution >= 0.6 is 39.3 Å². The Morgan fingerprint density at radius 2 is 2.18 bits per heavy atom. The van der Waals surface area contributed by atoms with E-state index in [9.17, 15) is 0 Å². The van der Waals surface area contributed by atoms with Crippen molar-refractivity contribution in [3.05, 3.63) is 9.63 Å². The molecular formula is C5H5BrClN3S. The molecule has 60 valence electrons. The normalized spacial score (nSPS) is 10.1. The van der Waals surface area contributed by atoms with E-state index in [-0.39, 0.29) is 0 Å². The van der Waals surface area contributed by atoms with Crippen molar-refractivity contribution in [3.63, 3.8) is 0 Å². The molecule has 0 spiro atoms. The minimum Gasteiger partial charge on any atom is -0.383 e. The average molecular weight is 255 g/mol. The van der Waals surface area contributed by atoms with Crippen molar-refractivity contribution in [2.45, 2.75) is 5.16 Å². The third-order valence-electron chi connectivity index (χ3n) is 0.998. The molecule has 0 aromatic carbocycles. The monoisotopic (exact) mass is 253 g/mol. The first-order chi connectivity index (χ1) is 5.15. The summed E-state index contributed by atoms with van der Waals surface area (Å²) in [5.41, 5.74) is 5.50. The van der Waals surface area contributed by atoms with Gasteiger partial charge >= 0.3 is 0 Å². The Morgan fingerprint density at radius 3 is 2.64 bits per heavy atom. The van der Waals surface area contributed by atoms with E-state index in [1.807, 2.05) is 6.26 Å². The largest absolute Gasteiger partial charge is 0.383 e. The summed E-state index contributed by atoms with van der Waals surface area (Å²) >= 11 is 10.3. The molecule has 0 fully saturated rings.